The van der Waals surface area contributed by atoms with E-state index in [-0.39, 0.29) is 13.2 Å². The zero-order valence-electron chi connectivity index (χ0n) is 16.4. The van der Waals surface area contributed by atoms with Crippen molar-refractivity contribution in [1.82, 2.24) is 0 Å². The Morgan fingerprint density at radius 2 is 1.76 bits per heavy atom. The molecule has 0 saturated heterocycles. The van der Waals surface area contributed by atoms with E-state index in [0.29, 0.717) is 32.5 Å². The maximum Gasteiger partial charge on any atom is 0.347 e. The van der Waals surface area contributed by atoms with Gasteiger partial charge in [0.05, 0.1) is 17.7 Å². The Balaban J connectivity index is 2.11. The molecule has 1 atom stereocenters. The van der Waals surface area contributed by atoms with Gasteiger partial charge in [-0.3, -0.25) is 0 Å². The maximum atomic E-state index is 12.7. The quantitative estimate of drug-likeness (QED) is 0.441. The molecule has 3 aromatic rings. The molecule has 0 radical (unpaired) electrons. The van der Waals surface area contributed by atoms with Gasteiger partial charge >= 0.3 is 11.9 Å². The topological polar surface area (TPSA) is 75.0 Å². The van der Waals surface area contributed by atoms with Crippen LogP contribution in [0, 0.1) is 0 Å². The van der Waals surface area contributed by atoms with Crippen LogP contribution < -0.4 is 4.74 Å². The minimum absolute atomic E-state index is 0.236. The molecule has 1 aromatic heterocycles. The highest BCUT2D eigenvalue weighted by Gasteiger charge is 2.25. The van der Waals surface area contributed by atoms with Gasteiger partial charge < -0.3 is 18.6 Å². The summed E-state index contributed by atoms with van der Waals surface area (Å²) < 4.78 is 22.6. The molecular formula is C22H21BrO6. The highest BCUT2D eigenvalue weighted by Crippen LogP contribution is 2.39. The fourth-order valence-electron chi connectivity index (χ4n) is 2.89. The number of ether oxygens (including phenoxy) is 3. The molecule has 3 rings (SSSR count). The summed E-state index contributed by atoms with van der Waals surface area (Å²) >= 11 is 3.44. The zero-order valence-corrected chi connectivity index (χ0v) is 17.9. The van der Waals surface area contributed by atoms with Crippen molar-refractivity contribution in [2.24, 2.45) is 0 Å². The Labute approximate surface area is 176 Å². The third-order valence-electron chi connectivity index (χ3n) is 4.18. The molecule has 0 aliphatic carbocycles. The Bertz CT molecular complexity index is 1020. The lowest BCUT2D eigenvalue weighted by Crippen LogP contribution is -2.26. The van der Waals surface area contributed by atoms with Crippen LogP contribution in [0.1, 0.15) is 31.1 Å². The van der Waals surface area contributed by atoms with Crippen molar-refractivity contribution in [2.75, 3.05) is 13.2 Å². The molecule has 6 nitrogen and oxygen atoms in total. The van der Waals surface area contributed by atoms with E-state index in [9.17, 15) is 9.59 Å². The fraction of sp³-hybridized carbons (Fsp3) is 0.273. The zero-order chi connectivity index (χ0) is 21.0. The number of carbonyl (C=O) groups is 2. The smallest absolute Gasteiger partial charge is 0.347 e. The van der Waals surface area contributed by atoms with Crippen LogP contribution in [0.5, 0.6) is 5.75 Å². The molecule has 0 unspecified atom stereocenters. The van der Waals surface area contributed by atoms with Gasteiger partial charge in [-0.05, 0) is 48.8 Å². The second kappa shape index (κ2) is 9.13. The molecule has 0 saturated carbocycles. The van der Waals surface area contributed by atoms with Gasteiger partial charge in [0.15, 0.2) is 6.10 Å². The van der Waals surface area contributed by atoms with Crippen molar-refractivity contribution in [2.45, 2.75) is 26.9 Å². The van der Waals surface area contributed by atoms with Crippen LogP contribution in [-0.4, -0.2) is 31.3 Å². The highest BCUT2D eigenvalue weighted by molar-refractivity contribution is 9.10. The molecule has 152 valence electrons. The van der Waals surface area contributed by atoms with Gasteiger partial charge in [-0.1, -0.05) is 30.3 Å². The number of benzene rings is 2. The average molecular weight is 461 g/mol. The largest absolute Gasteiger partial charge is 0.478 e. The van der Waals surface area contributed by atoms with Gasteiger partial charge in [-0.2, -0.15) is 0 Å². The van der Waals surface area contributed by atoms with Crippen LogP contribution in [0.25, 0.3) is 22.3 Å². The van der Waals surface area contributed by atoms with Crippen LogP contribution in [0.15, 0.2) is 51.4 Å². The van der Waals surface area contributed by atoms with E-state index in [1.54, 1.807) is 32.9 Å². The number of hydrogen-bond acceptors (Lipinski definition) is 6. The van der Waals surface area contributed by atoms with Crippen molar-refractivity contribution in [1.29, 1.82) is 0 Å². The van der Waals surface area contributed by atoms with Crippen molar-refractivity contribution < 1.29 is 28.2 Å². The van der Waals surface area contributed by atoms with E-state index >= 15 is 0 Å². The second-order valence-electron chi connectivity index (χ2n) is 6.18. The Morgan fingerprint density at radius 1 is 1.07 bits per heavy atom. The van der Waals surface area contributed by atoms with Crippen molar-refractivity contribution in [3.63, 3.8) is 0 Å². The van der Waals surface area contributed by atoms with Crippen LogP contribution in [0.2, 0.25) is 0 Å². The fourth-order valence-corrected chi connectivity index (χ4v) is 3.30. The number of carbonyl (C=O) groups excluding carboxylic acids is 2. The summed E-state index contributed by atoms with van der Waals surface area (Å²) in [6, 6.07) is 12.7. The Hall–Kier alpha value is -2.80. The van der Waals surface area contributed by atoms with E-state index in [0.717, 1.165) is 5.56 Å². The van der Waals surface area contributed by atoms with Gasteiger partial charge in [0.2, 0.25) is 0 Å². The van der Waals surface area contributed by atoms with Gasteiger partial charge in [0.1, 0.15) is 22.7 Å². The number of fused-ring (bicyclic) bond motifs is 1. The standard InChI is InChI=1S/C22H21BrO6/c1-4-26-21(24)13(3)28-18-11-15-17(12-16(18)23)29-20(14-9-7-6-8-10-14)19(15)22(25)27-5-2/h6-13H,4-5H2,1-3H3/t13-/m0/s1. The van der Waals surface area contributed by atoms with Crippen LogP contribution in [-0.2, 0) is 14.3 Å². The first-order valence-corrected chi connectivity index (χ1v) is 10.1. The third-order valence-corrected chi connectivity index (χ3v) is 4.80. The summed E-state index contributed by atoms with van der Waals surface area (Å²) in [7, 11) is 0. The number of furan rings is 1. The summed E-state index contributed by atoms with van der Waals surface area (Å²) in [6.07, 6.45) is -0.810. The molecule has 2 aromatic carbocycles. The SMILES string of the molecule is CCOC(=O)c1c(-c2ccccc2)oc2cc(Br)c(O[C@@H](C)C(=O)OCC)cc12. The lowest BCUT2D eigenvalue weighted by Gasteiger charge is -2.14. The molecule has 0 spiro atoms. The van der Waals surface area contributed by atoms with E-state index < -0.39 is 18.0 Å². The first kappa shape index (κ1) is 20.9. The minimum atomic E-state index is -0.810. The summed E-state index contributed by atoms with van der Waals surface area (Å²) in [5, 5.41) is 0.538. The first-order chi connectivity index (χ1) is 14.0. The number of esters is 2. The van der Waals surface area contributed by atoms with E-state index in [2.05, 4.69) is 15.9 Å². The predicted octanol–water partition coefficient (Wildman–Crippen LogP) is 5.37. The number of rotatable bonds is 7. The maximum absolute atomic E-state index is 12.7. The number of hydrogen-bond donors (Lipinski definition) is 0. The summed E-state index contributed by atoms with van der Waals surface area (Å²) in [4.78, 5) is 24.6. The monoisotopic (exact) mass is 460 g/mol. The molecule has 1 heterocycles. The van der Waals surface area contributed by atoms with Gasteiger partial charge in [0.25, 0.3) is 0 Å². The van der Waals surface area contributed by atoms with Gasteiger partial charge in [-0.15, -0.1) is 0 Å². The molecule has 0 aliphatic heterocycles. The lowest BCUT2D eigenvalue weighted by atomic mass is 10.1. The van der Waals surface area contributed by atoms with E-state index in [4.69, 9.17) is 18.6 Å². The summed E-state index contributed by atoms with van der Waals surface area (Å²) in [6.45, 7) is 5.58. The molecule has 0 N–H and O–H groups in total. The van der Waals surface area contributed by atoms with Crippen molar-refractivity contribution in [3.05, 3.63) is 52.5 Å². The molecule has 0 amide bonds. The second-order valence-corrected chi connectivity index (χ2v) is 7.04. The van der Waals surface area contributed by atoms with Crippen LogP contribution in [0.4, 0.5) is 0 Å². The Morgan fingerprint density at radius 3 is 2.41 bits per heavy atom. The molecule has 0 aliphatic rings. The van der Waals surface area contributed by atoms with E-state index in [1.807, 2.05) is 30.3 Å². The molecule has 29 heavy (non-hydrogen) atoms. The first-order valence-electron chi connectivity index (χ1n) is 9.28. The molecule has 7 heteroatoms. The number of halogens is 1. The van der Waals surface area contributed by atoms with Crippen LogP contribution in [0.3, 0.4) is 0 Å². The van der Waals surface area contributed by atoms with E-state index in [1.165, 1.54) is 0 Å². The van der Waals surface area contributed by atoms with Crippen molar-refractivity contribution >= 4 is 38.8 Å². The summed E-state index contributed by atoms with van der Waals surface area (Å²) in [5.74, 6) is -0.148. The van der Waals surface area contributed by atoms with Gasteiger partial charge in [-0.25, -0.2) is 9.59 Å². The Kier molecular flexibility index (Phi) is 6.59. The van der Waals surface area contributed by atoms with Crippen molar-refractivity contribution in [3.8, 4) is 17.1 Å². The molecule has 0 bridgehead atoms. The van der Waals surface area contributed by atoms with Gasteiger partial charge in [0, 0.05) is 10.9 Å². The summed E-state index contributed by atoms with van der Waals surface area (Å²) in [5.41, 5.74) is 1.56. The normalized spacial score (nSPS) is 11.9. The van der Waals surface area contributed by atoms with Crippen LogP contribution >= 0.6 is 15.9 Å². The third kappa shape index (κ3) is 4.45. The molecule has 0 fully saturated rings. The average Bonchev–Trinajstić information content (AvgIpc) is 3.07. The highest BCUT2D eigenvalue weighted by atomic mass is 79.9. The minimum Gasteiger partial charge on any atom is -0.478 e. The lowest BCUT2D eigenvalue weighted by molar-refractivity contribution is -0.150. The molecular weight excluding hydrogens is 440 g/mol. The predicted molar refractivity (Wildman–Crippen MR) is 112 cm³/mol.